The number of fused-ring (bicyclic) bond motifs is 3. The maximum atomic E-state index is 14.0. The minimum atomic E-state index is -0.877. The number of halogens is 1. The number of rotatable bonds is 6. The molecule has 7 rings (SSSR count). The standard InChI is InChI=1S/C32H21BrN4O6S2/c33-20-8-5-18(6-9-20)25-26-27(30(40)36(29(26)39)22-11-13-23(14-12-22)37(42)43)44-31-28(25)45-32(41)35(31)16-24(38)34-21-10-7-17-3-1-2-4-19(17)15-21/h1-15,25-27H,16H2,(H,34,38). The van der Waals surface area contributed by atoms with E-state index < -0.39 is 39.7 Å². The highest BCUT2D eigenvalue weighted by molar-refractivity contribution is 9.10. The van der Waals surface area contributed by atoms with Gasteiger partial charge in [-0.1, -0.05) is 81.5 Å². The van der Waals surface area contributed by atoms with Crippen molar-refractivity contribution in [2.45, 2.75) is 22.7 Å². The maximum Gasteiger partial charge on any atom is 0.308 e. The molecule has 0 saturated carbocycles. The Balaban J connectivity index is 1.25. The summed E-state index contributed by atoms with van der Waals surface area (Å²) in [5.41, 5.74) is 1.41. The third kappa shape index (κ3) is 5.16. The van der Waals surface area contributed by atoms with Crippen molar-refractivity contribution in [3.8, 4) is 0 Å². The average molecular weight is 702 g/mol. The number of thioether (sulfide) groups is 1. The number of benzene rings is 4. The highest BCUT2D eigenvalue weighted by Crippen LogP contribution is 2.54. The van der Waals surface area contributed by atoms with Crippen LogP contribution >= 0.6 is 39.0 Å². The molecule has 0 radical (unpaired) electrons. The molecular formula is C32H21BrN4O6S2. The molecule has 4 aromatic carbocycles. The summed E-state index contributed by atoms with van der Waals surface area (Å²) in [5, 5.41) is 15.6. The van der Waals surface area contributed by atoms with E-state index in [4.69, 9.17) is 0 Å². The van der Waals surface area contributed by atoms with E-state index in [2.05, 4.69) is 21.2 Å². The van der Waals surface area contributed by atoms with Gasteiger partial charge in [-0.3, -0.25) is 33.9 Å². The van der Waals surface area contributed by atoms with Crippen molar-refractivity contribution >= 4 is 84.6 Å². The van der Waals surface area contributed by atoms with Gasteiger partial charge in [-0.15, -0.1) is 0 Å². The molecule has 1 N–H and O–H groups in total. The molecule has 224 valence electrons. The fourth-order valence-corrected chi connectivity index (χ4v) is 8.91. The topological polar surface area (TPSA) is 132 Å². The molecule has 45 heavy (non-hydrogen) atoms. The number of nitro groups is 1. The van der Waals surface area contributed by atoms with E-state index in [1.807, 2.05) is 60.7 Å². The number of hydrogen-bond acceptors (Lipinski definition) is 8. The molecular weight excluding hydrogens is 680 g/mol. The summed E-state index contributed by atoms with van der Waals surface area (Å²) >= 11 is 5.52. The molecule has 3 heterocycles. The van der Waals surface area contributed by atoms with Crippen LogP contribution in [0, 0.1) is 16.0 Å². The molecule has 10 nitrogen and oxygen atoms in total. The van der Waals surface area contributed by atoms with Crippen molar-refractivity contribution < 1.29 is 19.3 Å². The molecule has 3 unspecified atom stereocenters. The lowest BCUT2D eigenvalue weighted by Gasteiger charge is -2.30. The maximum absolute atomic E-state index is 14.0. The minimum Gasteiger partial charge on any atom is -0.325 e. The van der Waals surface area contributed by atoms with Crippen molar-refractivity contribution in [2.24, 2.45) is 5.92 Å². The summed E-state index contributed by atoms with van der Waals surface area (Å²) in [6, 6.07) is 25.9. The van der Waals surface area contributed by atoms with Gasteiger partial charge in [0.2, 0.25) is 17.7 Å². The second-order valence-corrected chi connectivity index (χ2v) is 13.7. The summed E-state index contributed by atoms with van der Waals surface area (Å²) in [5.74, 6) is -2.79. The van der Waals surface area contributed by atoms with Gasteiger partial charge in [0.05, 0.1) is 21.6 Å². The Bertz CT molecular complexity index is 2090. The van der Waals surface area contributed by atoms with Crippen LogP contribution in [0.25, 0.3) is 10.8 Å². The number of hydrogen-bond donors (Lipinski definition) is 1. The Hall–Kier alpha value is -4.59. The van der Waals surface area contributed by atoms with Crippen molar-refractivity contribution in [1.82, 2.24) is 4.57 Å². The lowest BCUT2D eigenvalue weighted by Crippen LogP contribution is -2.33. The Kier molecular flexibility index (Phi) is 7.38. The van der Waals surface area contributed by atoms with Gasteiger partial charge in [0.25, 0.3) is 5.69 Å². The number of amides is 3. The largest absolute Gasteiger partial charge is 0.325 e. The smallest absolute Gasteiger partial charge is 0.308 e. The van der Waals surface area contributed by atoms with Gasteiger partial charge in [0, 0.05) is 33.1 Å². The molecule has 0 aliphatic carbocycles. The highest BCUT2D eigenvalue weighted by Gasteiger charge is 2.56. The van der Waals surface area contributed by atoms with Crippen LogP contribution in [0.5, 0.6) is 0 Å². The fraction of sp³-hybridized carbons (Fsp3) is 0.125. The third-order valence-corrected chi connectivity index (χ3v) is 11.1. The zero-order valence-electron chi connectivity index (χ0n) is 23.1. The van der Waals surface area contributed by atoms with E-state index in [0.29, 0.717) is 15.6 Å². The predicted molar refractivity (Wildman–Crippen MR) is 176 cm³/mol. The van der Waals surface area contributed by atoms with Crippen LogP contribution in [0.1, 0.15) is 16.4 Å². The van der Waals surface area contributed by atoms with Crippen LogP contribution in [-0.4, -0.2) is 32.5 Å². The van der Waals surface area contributed by atoms with Gasteiger partial charge in [-0.05, 0) is 52.7 Å². The molecule has 0 spiro atoms. The number of carbonyl (C=O) groups is 3. The van der Waals surface area contributed by atoms with Crippen LogP contribution in [0.3, 0.4) is 0 Å². The normalized spacial score (nSPS) is 19.0. The van der Waals surface area contributed by atoms with Crippen molar-refractivity contribution in [3.63, 3.8) is 0 Å². The van der Waals surface area contributed by atoms with Gasteiger partial charge in [0.15, 0.2) is 0 Å². The van der Waals surface area contributed by atoms with Crippen molar-refractivity contribution in [2.75, 3.05) is 10.2 Å². The number of imide groups is 1. The number of anilines is 2. The van der Waals surface area contributed by atoms with E-state index in [9.17, 15) is 29.3 Å². The second kappa shape index (κ2) is 11.4. The number of nitro benzene ring substituents is 1. The monoisotopic (exact) mass is 700 g/mol. The fourth-order valence-electron chi connectivity index (χ4n) is 5.87. The first-order valence-electron chi connectivity index (χ1n) is 13.8. The molecule has 2 aliphatic rings. The molecule has 13 heteroatoms. The summed E-state index contributed by atoms with van der Waals surface area (Å²) in [7, 11) is 0. The van der Waals surface area contributed by atoms with Crippen LogP contribution < -0.4 is 15.1 Å². The first-order chi connectivity index (χ1) is 21.7. The van der Waals surface area contributed by atoms with Crippen molar-refractivity contribution in [3.05, 3.63) is 126 Å². The molecule has 1 fully saturated rings. The number of carbonyl (C=O) groups excluding carboxylic acids is 3. The number of aromatic nitrogens is 1. The van der Waals surface area contributed by atoms with E-state index in [-0.39, 0.29) is 22.8 Å². The summed E-state index contributed by atoms with van der Waals surface area (Å²) in [4.78, 5) is 66.5. The Morgan fingerprint density at radius 2 is 1.62 bits per heavy atom. The molecule has 1 aromatic heterocycles. The SMILES string of the molecule is O=C(Cn1c2c(sc1=O)C(c1ccc(Br)cc1)C1C(=O)N(c3ccc([N+](=O)[O-])cc3)C(=O)C1S2)Nc1ccc2ccccc2c1. The zero-order valence-corrected chi connectivity index (χ0v) is 26.3. The first kappa shape index (κ1) is 29.1. The highest BCUT2D eigenvalue weighted by atomic mass is 79.9. The Morgan fingerprint density at radius 3 is 2.33 bits per heavy atom. The Morgan fingerprint density at radius 1 is 0.911 bits per heavy atom. The lowest BCUT2D eigenvalue weighted by molar-refractivity contribution is -0.384. The van der Waals surface area contributed by atoms with Crippen LogP contribution in [0.15, 0.2) is 105 Å². The molecule has 1 saturated heterocycles. The van der Waals surface area contributed by atoms with Gasteiger partial charge in [0.1, 0.15) is 11.8 Å². The lowest BCUT2D eigenvalue weighted by atomic mass is 9.83. The summed E-state index contributed by atoms with van der Waals surface area (Å²) < 4.78 is 2.20. The van der Waals surface area contributed by atoms with Crippen LogP contribution in [0.4, 0.5) is 17.1 Å². The molecule has 5 aromatic rings. The zero-order chi connectivity index (χ0) is 31.4. The number of thiazole rings is 1. The number of nitrogens with one attached hydrogen (secondary N) is 1. The van der Waals surface area contributed by atoms with Gasteiger partial charge in [-0.25, -0.2) is 4.90 Å². The van der Waals surface area contributed by atoms with Gasteiger partial charge in [-0.2, -0.15) is 0 Å². The number of non-ortho nitro benzene ring substituents is 1. The molecule has 3 atom stereocenters. The average Bonchev–Trinajstić information content (AvgIpc) is 3.47. The summed E-state index contributed by atoms with van der Waals surface area (Å²) in [6.45, 7) is -0.275. The molecule has 0 bridgehead atoms. The van der Waals surface area contributed by atoms with E-state index in [1.54, 1.807) is 6.07 Å². The van der Waals surface area contributed by atoms with Gasteiger partial charge >= 0.3 is 4.87 Å². The minimum absolute atomic E-state index is 0.162. The quantitative estimate of drug-likeness (QED) is 0.127. The van der Waals surface area contributed by atoms with Crippen molar-refractivity contribution in [1.29, 1.82) is 0 Å². The van der Waals surface area contributed by atoms with Crippen LogP contribution in [-0.2, 0) is 20.9 Å². The molecule has 2 aliphatic heterocycles. The third-order valence-electron chi connectivity index (χ3n) is 7.93. The number of nitrogens with zero attached hydrogens (tertiary/aromatic N) is 3. The predicted octanol–water partition coefficient (Wildman–Crippen LogP) is 6.17. The Labute approximate surface area is 271 Å². The van der Waals surface area contributed by atoms with E-state index >= 15 is 0 Å². The second-order valence-electron chi connectivity index (χ2n) is 10.6. The first-order valence-corrected chi connectivity index (χ1v) is 16.2. The van der Waals surface area contributed by atoms with E-state index in [0.717, 1.165) is 48.8 Å². The van der Waals surface area contributed by atoms with E-state index in [1.165, 1.54) is 28.8 Å². The summed E-state index contributed by atoms with van der Waals surface area (Å²) in [6.07, 6.45) is 0. The van der Waals surface area contributed by atoms with Gasteiger partial charge < -0.3 is 5.32 Å². The molecule has 3 amide bonds. The van der Waals surface area contributed by atoms with Crippen LogP contribution in [0.2, 0.25) is 0 Å².